The van der Waals surface area contributed by atoms with Crippen molar-refractivity contribution in [2.45, 2.75) is 26.2 Å². The van der Waals surface area contributed by atoms with E-state index in [0.29, 0.717) is 34.4 Å². The molecule has 5 heteroatoms. The van der Waals surface area contributed by atoms with Crippen LogP contribution in [-0.4, -0.2) is 16.6 Å². The highest BCUT2D eigenvalue weighted by molar-refractivity contribution is 6.27. The number of rotatable bonds is 4. The summed E-state index contributed by atoms with van der Waals surface area (Å²) >= 11 is 0. The Morgan fingerprint density at radius 1 is 1.12 bits per heavy atom. The van der Waals surface area contributed by atoms with Gasteiger partial charge < -0.3 is 0 Å². The molecule has 1 heterocycles. The number of Topliss-reactive ketones (excluding diaryl/α,β-unsaturated/α-hetero) is 2. The third kappa shape index (κ3) is 2.99. The average Bonchev–Trinajstić information content (AvgIpc) is 2.64. The Hall–Kier alpha value is -3.13. The highest BCUT2D eigenvalue weighted by Gasteiger charge is 2.31. The van der Waals surface area contributed by atoms with Crippen LogP contribution in [-0.2, 0) is 6.42 Å². The van der Waals surface area contributed by atoms with Gasteiger partial charge in [-0.05, 0) is 12.5 Å². The minimum atomic E-state index is -0.703. The molecule has 1 aromatic carbocycles. The summed E-state index contributed by atoms with van der Waals surface area (Å²) in [7, 11) is 0. The molecule has 0 saturated carbocycles. The van der Waals surface area contributed by atoms with E-state index < -0.39 is 5.82 Å². The lowest BCUT2D eigenvalue weighted by Gasteiger charge is -2.21. The first-order valence-electron chi connectivity index (χ1n) is 8.01. The molecule has 1 aromatic heterocycles. The fraction of sp³-hybridized carbons (Fsp3) is 0.200. The third-order valence-electron chi connectivity index (χ3n) is 4.22. The number of nitrogens with zero attached hydrogens (tertiary/aromatic N) is 2. The van der Waals surface area contributed by atoms with Gasteiger partial charge in [0.1, 0.15) is 6.07 Å². The Kier molecular flexibility index (Phi) is 4.53. The topological polar surface area (TPSA) is 70.8 Å². The Bertz CT molecular complexity index is 954. The minimum absolute atomic E-state index is 0.100. The summed E-state index contributed by atoms with van der Waals surface area (Å²) < 4.78 is 13.5. The average molecular weight is 334 g/mol. The predicted molar refractivity (Wildman–Crippen MR) is 89.7 cm³/mol. The van der Waals surface area contributed by atoms with Gasteiger partial charge in [0.15, 0.2) is 17.4 Å². The van der Waals surface area contributed by atoms with Gasteiger partial charge in [-0.3, -0.25) is 14.6 Å². The minimum Gasteiger partial charge on any atom is -0.289 e. The molecular weight excluding hydrogens is 319 g/mol. The molecule has 0 amide bonds. The number of fused-ring (bicyclic) bond motifs is 1. The lowest BCUT2D eigenvalue weighted by Crippen LogP contribution is -2.23. The summed E-state index contributed by atoms with van der Waals surface area (Å²) in [5.74, 6) is -1.05. The lowest BCUT2D eigenvalue weighted by molar-refractivity contribution is 0.0969. The maximum Gasteiger partial charge on any atom is 0.190 e. The summed E-state index contributed by atoms with van der Waals surface area (Å²) in [5.41, 5.74) is 1.93. The fourth-order valence-electron chi connectivity index (χ4n) is 3.03. The van der Waals surface area contributed by atoms with Crippen molar-refractivity contribution in [3.63, 3.8) is 0 Å². The highest BCUT2D eigenvalue weighted by Crippen LogP contribution is 2.30. The van der Waals surface area contributed by atoms with Gasteiger partial charge in [-0.25, -0.2) is 4.39 Å². The molecule has 0 fully saturated rings. The van der Waals surface area contributed by atoms with Gasteiger partial charge in [-0.15, -0.1) is 0 Å². The first-order valence-corrected chi connectivity index (χ1v) is 8.01. The van der Waals surface area contributed by atoms with E-state index in [-0.39, 0.29) is 23.6 Å². The van der Waals surface area contributed by atoms with Crippen molar-refractivity contribution in [1.29, 1.82) is 5.26 Å². The van der Waals surface area contributed by atoms with Crippen LogP contribution in [0.15, 0.2) is 47.7 Å². The zero-order valence-electron chi connectivity index (χ0n) is 13.7. The van der Waals surface area contributed by atoms with Crippen molar-refractivity contribution in [2.24, 2.45) is 0 Å². The number of pyridine rings is 1. The van der Waals surface area contributed by atoms with E-state index in [4.69, 9.17) is 5.26 Å². The van der Waals surface area contributed by atoms with Crippen LogP contribution in [0.5, 0.6) is 0 Å². The van der Waals surface area contributed by atoms with Crippen molar-refractivity contribution >= 4 is 11.6 Å². The molecule has 0 spiro atoms. The molecule has 2 aromatic rings. The number of ketones is 2. The lowest BCUT2D eigenvalue weighted by atomic mass is 9.80. The van der Waals surface area contributed by atoms with Gasteiger partial charge >= 0.3 is 0 Å². The van der Waals surface area contributed by atoms with Crippen LogP contribution >= 0.6 is 0 Å². The molecule has 4 nitrogen and oxygen atoms in total. The molecule has 0 saturated heterocycles. The molecule has 0 unspecified atom stereocenters. The van der Waals surface area contributed by atoms with E-state index >= 15 is 0 Å². The van der Waals surface area contributed by atoms with Crippen molar-refractivity contribution < 1.29 is 14.0 Å². The number of nitriles is 1. The van der Waals surface area contributed by atoms with E-state index in [1.807, 2.05) is 6.92 Å². The standard InChI is InChI=1S/C20H15FN2O2/c1-2-5-14-17(9-13-8-12(10-22)18(21)11-23-13)20(25)16-7-4-3-6-15(16)19(14)24/h3-4,6-8,11H,2,5,9H2,1H3. The molecule has 25 heavy (non-hydrogen) atoms. The Morgan fingerprint density at radius 2 is 1.76 bits per heavy atom. The molecule has 0 bridgehead atoms. The van der Waals surface area contributed by atoms with Gasteiger partial charge in [-0.1, -0.05) is 37.6 Å². The zero-order valence-corrected chi connectivity index (χ0v) is 13.7. The van der Waals surface area contributed by atoms with Crippen LogP contribution in [0.2, 0.25) is 0 Å². The molecule has 1 aliphatic rings. The first-order chi connectivity index (χ1) is 12.1. The van der Waals surface area contributed by atoms with Crippen LogP contribution in [0.4, 0.5) is 4.39 Å². The normalized spacial score (nSPS) is 13.6. The van der Waals surface area contributed by atoms with Gasteiger partial charge in [0.05, 0.1) is 11.8 Å². The largest absolute Gasteiger partial charge is 0.289 e. The summed E-state index contributed by atoms with van der Waals surface area (Å²) in [6, 6.07) is 9.83. The van der Waals surface area contributed by atoms with Crippen LogP contribution in [0.1, 0.15) is 51.7 Å². The number of hydrogen-bond donors (Lipinski definition) is 0. The molecule has 3 rings (SSSR count). The predicted octanol–water partition coefficient (Wildman–Crippen LogP) is 3.81. The number of carbonyl (C=O) groups excluding carboxylic acids is 2. The third-order valence-corrected chi connectivity index (χ3v) is 4.22. The monoisotopic (exact) mass is 334 g/mol. The number of hydrogen-bond acceptors (Lipinski definition) is 4. The van der Waals surface area contributed by atoms with Crippen molar-refractivity contribution in [2.75, 3.05) is 0 Å². The second kappa shape index (κ2) is 6.78. The van der Waals surface area contributed by atoms with Crippen molar-refractivity contribution in [1.82, 2.24) is 4.98 Å². The van der Waals surface area contributed by atoms with E-state index in [9.17, 15) is 14.0 Å². The highest BCUT2D eigenvalue weighted by atomic mass is 19.1. The summed E-state index contributed by atoms with van der Waals surface area (Å²) in [6.45, 7) is 1.94. The summed E-state index contributed by atoms with van der Waals surface area (Å²) in [5, 5.41) is 8.96. The fourth-order valence-corrected chi connectivity index (χ4v) is 3.03. The molecule has 0 atom stereocenters. The second-order valence-electron chi connectivity index (χ2n) is 5.86. The van der Waals surface area contributed by atoms with E-state index in [1.54, 1.807) is 30.3 Å². The van der Waals surface area contributed by atoms with Crippen LogP contribution < -0.4 is 0 Å². The van der Waals surface area contributed by atoms with E-state index in [2.05, 4.69) is 4.98 Å². The van der Waals surface area contributed by atoms with Crippen LogP contribution in [0.3, 0.4) is 0 Å². The molecule has 1 aliphatic carbocycles. The zero-order chi connectivity index (χ0) is 18.0. The number of benzene rings is 1. The number of carbonyl (C=O) groups is 2. The van der Waals surface area contributed by atoms with Crippen LogP contribution in [0, 0.1) is 17.1 Å². The molecular formula is C20H15FN2O2. The van der Waals surface area contributed by atoms with E-state index in [1.165, 1.54) is 6.07 Å². The van der Waals surface area contributed by atoms with Gasteiger partial charge in [0.25, 0.3) is 0 Å². The summed E-state index contributed by atoms with van der Waals surface area (Å²) in [6.07, 6.45) is 2.28. The number of allylic oxidation sites excluding steroid dienone is 2. The van der Waals surface area contributed by atoms with Gasteiger partial charge in [-0.2, -0.15) is 5.26 Å². The SMILES string of the molecule is CCCC1=C(Cc2cc(C#N)c(F)cn2)C(=O)c2ccccc2C1=O. The van der Waals surface area contributed by atoms with Crippen LogP contribution in [0.25, 0.3) is 0 Å². The van der Waals surface area contributed by atoms with Gasteiger partial charge in [0.2, 0.25) is 0 Å². The quantitative estimate of drug-likeness (QED) is 0.852. The Morgan fingerprint density at radius 3 is 2.36 bits per heavy atom. The van der Waals surface area contributed by atoms with Crippen molar-refractivity contribution in [3.8, 4) is 6.07 Å². The Balaban J connectivity index is 2.08. The van der Waals surface area contributed by atoms with Crippen molar-refractivity contribution in [3.05, 3.63) is 75.9 Å². The number of aromatic nitrogens is 1. The Labute approximate surface area is 144 Å². The molecule has 0 radical (unpaired) electrons. The molecule has 0 aliphatic heterocycles. The smallest absolute Gasteiger partial charge is 0.190 e. The molecule has 124 valence electrons. The van der Waals surface area contributed by atoms with Gasteiger partial charge in [0, 0.05) is 34.4 Å². The maximum atomic E-state index is 13.5. The first kappa shape index (κ1) is 16.7. The van der Waals surface area contributed by atoms with E-state index in [0.717, 1.165) is 12.6 Å². The number of halogens is 1. The molecule has 0 N–H and O–H groups in total. The summed E-state index contributed by atoms with van der Waals surface area (Å²) in [4.78, 5) is 29.7. The second-order valence-corrected chi connectivity index (χ2v) is 5.86. The maximum absolute atomic E-state index is 13.5.